The zero-order chi connectivity index (χ0) is 22.1. The highest BCUT2D eigenvalue weighted by molar-refractivity contribution is 5.90. The Morgan fingerprint density at radius 3 is 2.32 bits per heavy atom. The van der Waals surface area contributed by atoms with Crippen molar-refractivity contribution in [3.63, 3.8) is 0 Å². The van der Waals surface area contributed by atoms with Gasteiger partial charge in [0.25, 0.3) is 0 Å². The van der Waals surface area contributed by atoms with Gasteiger partial charge in [0.1, 0.15) is 0 Å². The van der Waals surface area contributed by atoms with Gasteiger partial charge in [-0.1, -0.05) is 62.4 Å². The Morgan fingerprint density at radius 2 is 1.68 bits per heavy atom. The summed E-state index contributed by atoms with van der Waals surface area (Å²) in [7, 11) is 0. The molecule has 2 atom stereocenters. The number of hydrogen-bond acceptors (Lipinski definition) is 3. The highest BCUT2D eigenvalue weighted by atomic mass is 16.2. The number of urea groups is 1. The molecule has 1 aliphatic heterocycles. The van der Waals surface area contributed by atoms with Crippen molar-refractivity contribution in [1.29, 1.82) is 0 Å². The molecule has 1 saturated heterocycles. The first-order valence-corrected chi connectivity index (χ1v) is 11.3. The van der Waals surface area contributed by atoms with Gasteiger partial charge in [-0.25, -0.2) is 4.79 Å². The van der Waals surface area contributed by atoms with E-state index in [9.17, 15) is 9.59 Å². The van der Waals surface area contributed by atoms with Gasteiger partial charge in [-0.3, -0.25) is 9.69 Å². The number of piperidine rings is 1. The van der Waals surface area contributed by atoms with E-state index in [0.29, 0.717) is 19.6 Å². The molecule has 2 aromatic carbocycles. The molecular formula is C25H34N4O2. The Kier molecular flexibility index (Phi) is 8.47. The van der Waals surface area contributed by atoms with E-state index in [2.05, 4.69) is 41.5 Å². The van der Waals surface area contributed by atoms with E-state index < -0.39 is 0 Å². The van der Waals surface area contributed by atoms with Crippen molar-refractivity contribution in [2.45, 2.75) is 32.7 Å². The predicted molar refractivity (Wildman–Crippen MR) is 125 cm³/mol. The number of likely N-dealkylation sites (tertiary alicyclic amines) is 1. The van der Waals surface area contributed by atoms with Crippen LogP contribution in [0, 0.1) is 5.92 Å². The van der Waals surface area contributed by atoms with E-state index in [0.717, 1.165) is 31.6 Å². The molecular weight excluding hydrogens is 388 g/mol. The minimum atomic E-state index is -0.177. The van der Waals surface area contributed by atoms with Gasteiger partial charge in [-0.15, -0.1) is 0 Å². The number of carbonyl (C=O) groups excluding carboxylic acids is 2. The van der Waals surface area contributed by atoms with Crippen LogP contribution in [0.5, 0.6) is 0 Å². The van der Waals surface area contributed by atoms with Crippen LogP contribution in [0.1, 0.15) is 38.3 Å². The Hall–Kier alpha value is -2.86. The van der Waals surface area contributed by atoms with Gasteiger partial charge in [0.2, 0.25) is 5.91 Å². The Balaban J connectivity index is 1.58. The predicted octanol–water partition coefficient (Wildman–Crippen LogP) is 4.13. The van der Waals surface area contributed by atoms with E-state index in [4.69, 9.17) is 0 Å². The van der Waals surface area contributed by atoms with Gasteiger partial charge in [-0.05, 0) is 43.6 Å². The molecule has 3 amide bonds. The van der Waals surface area contributed by atoms with Crippen LogP contribution in [-0.4, -0.2) is 54.5 Å². The second-order valence-electron chi connectivity index (χ2n) is 7.97. The van der Waals surface area contributed by atoms with Gasteiger partial charge in [0.15, 0.2) is 0 Å². The molecule has 1 fully saturated rings. The second kappa shape index (κ2) is 11.5. The molecule has 6 heteroatoms. The lowest BCUT2D eigenvalue weighted by molar-refractivity contribution is -0.126. The molecule has 0 spiro atoms. The normalized spacial score (nSPS) is 17.3. The second-order valence-corrected chi connectivity index (χ2v) is 7.97. The molecule has 2 aromatic rings. The molecule has 2 N–H and O–H groups in total. The third-order valence-corrected chi connectivity index (χ3v) is 6.01. The molecule has 1 heterocycles. The molecule has 3 rings (SSSR count). The molecule has 6 nitrogen and oxygen atoms in total. The van der Waals surface area contributed by atoms with E-state index in [1.54, 1.807) is 4.90 Å². The topological polar surface area (TPSA) is 64.7 Å². The summed E-state index contributed by atoms with van der Waals surface area (Å²) in [5, 5.41) is 6.09. The maximum atomic E-state index is 13.0. The lowest BCUT2D eigenvalue weighted by atomic mass is 9.97. The van der Waals surface area contributed by atoms with Crippen LogP contribution < -0.4 is 10.6 Å². The van der Waals surface area contributed by atoms with Crippen molar-refractivity contribution >= 4 is 17.6 Å². The van der Waals surface area contributed by atoms with Gasteiger partial charge in [-0.2, -0.15) is 0 Å². The van der Waals surface area contributed by atoms with Crippen LogP contribution in [0.2, 0.25) is 0 Å². The summed E-state index contributed by atoms with van der Waals surface area (Å²) in [6, 6.07) is 19.7. The van der Waals surface area contributed by atoms with Gasteiger partial charge in [0, 0.05) is 25.3 Å². The molecule has 1 aliphatic rings. The number of likely N-dealkylation sites (N-methyl/N-ethyl adjacent to an activating group) is 1. The van der Waals surface area contributed by atoms with Crippen molar-refractivity contribution in [2.75, 3.05) is 38.0 Å². The lowest BCUT2D eigenvalue weighted by Crippen LogP contribution is -2.48. The van der Waals surface area contributed by atoms with Gasteiger partial charge < -0.3 is 15.5 Å². The van der Waals surface area contributed by atoms with Crippen LogP contribution in [0.15, 0.2) is 60.7 Å². The van der Waals surface area contributed by atoms with Crippen LogP contribution in [0.25, 0.3) is 0 Å². The first kappa shape index (κ1) is 22.8. The monoisotopic (exact) mass is 422 g/mol. The number of nitrogens with zero attached hydrogens (tertiary/aromatic N) is 2. The molecule has 0 aromatic heterocycles. The van der Waals surface area contributed by atoms with Gasteiger partial charge in [0.05, 0.1) is 12.0 Å². The summed E-state index contributed by atoms with van der Waals surface area (Å²) in [6.07, 6.45) is 1.64. The smallest absolute Gasteiger partial charge is 0.321 e. The summed E-state index contributed by atoms with van der Waals surface area (Å²) < 4.78 is 0. The van der Waals surface area contributed by atoms with Crippen molar-refractivity contribution in [1.82, 2.24) is 15.1 Å². The number of carbonyl (C=O) groups is 2. The van der Waals surface area contributed by atoms with Crippen LogP contribution >= 0.6 is 0 Å². The third kappa shape index (κ3) is 6.31. The zero-order valence-corrected chi connectivity index (χ0v) is 18.6. The highest BCUT2D eigenvalue weighted by Crippen LogP contribution is 2.21. The first-order valence-electron chi connectivity index (χ1n) is 11.3. The Morgan fingerprint density at radius 1 is 1.03 bits per heavy atom. The molecule has 0 radical (unpaired) electrons. The molecule has 0 aliphatic carbocycles. The Labute approximate surface area is 185 Å². The quantitative estimate of drug-likeness (QED) is 0.672. The first-order chi connectivity index (χ1) is 15.1. The van der Waals surface area contributed by atoms with E-state index >= 15 is 0 Å². The zero-order valence-electron chi connectivity index (χ0n) is 18.6. The highest BCUT2D eigenvalue weighted by Gasteiger charge is 2.29. The number of anilines is 1. The number of para-hydroxylation sites is 1. The molecule has 0 bridgehead atoms. The summed E-state index contributed by atoms with van der Waals surface area (Å²) in [6.45, 7) is 7.82. The fourth-order valence-electron chi connectivity index (χ4n) is 4.24. The average Bonchev–Trinajstić information content (AvgIpc) is 2.83. The van der Waals surface area contributed by atoms with Crippen LogP contribution in [0.3, 0.4) is 0 Å². The van der Waals surface area contributed by atoms with E-state index in [-0.39, 0.29) is 23.9 Å². The average molecular weight is 423 g/mol. The summed E-state index contributed by atoms with van der Waals surface area (Å²) >= 11 is 0. The molecule has 31 heavy (non-hydrogen) atoms. The molecule has 0 unspecified atom stereocenters. The number of nitrogens with one attached hydrogen (secondary N) is 2. The minimum Gasteiger partial charge on any atom is -0.354 e. The molecule has 0 saturated carbocycles. The largest absolute Gasteiger partial charge is 0.354 e. The SMILES string of the molecule is CCN(CC)[C@@H](CNC(=O)[C@@H]1CCCN(C(=O)Nc2ccccc2)C1)c1ccccc1. The van der Waals surface area contributed by atoms with E-state index in [1.165, 1.54) is 5.56 Å². The fourth-order valence-corrected chi connectivity index (χ4v) is 4.24. The van der Waals surface area contributed by atoms with Crippen molar-refractivity contribution in [3.8, 4) is 0 Å². The number of rotatable bonds is 8. The van der Waals surface area contributed by atoms with Crippen molar-refractivity contribution in [2.24, 2.45) is 5.92 Å². The third-order valence-electron chi connectivity index (χ3n) is 6.01. The summed E-state index contributed by atoms with van der Waals surface area (Å²) in [5.41, 5.74) is 1.98. The maximum Gasteiger partial charge on any atom is 0.321 e. The number of benzene rings is 2. The summed E-state index contributed by atoms with van der Waals surface area (Å²) in [4.78, 5) is 29.7. The van der Waals surface area contributed by atoms with Crippen molar-refractivity contribution in [3.05, 3.63) is 66.2 Å². The molecule has 166 valence electrons. The lowest BCUT2D eigenvalue weighted by Gasteiger charge is -2.34. The fraction of sp³-hybridized carbons (Fsp3) is 0.440. The van der Waals surface area contributed by atoms with Gasteiger partial charge >= 0.3 is 6.03 Å². The standard InChI is InChI=1S/C25H34N4O2/c1-3-28(4-2)23(20-12-7-5-8-13-20)18-26-24(30)21-14-11-17-29(19-21)25(31)27-22-15-9-6-10-16-22/h5-10,12-13,15-16,21,23H,3-4,11,14,17-19H2,1-2H3,(H,26,30)(H,27,31)/t21-,23+/m1/s1. The number of amides is 3. The Bertz CT molecular complexity index is 824. The summed E-state index contributed by atoms with van der Waals surface area (Å²) in [5.74, 6) is -0.145. The minimum absolute atomic E-state index is 0.0327. The van der Waals surface area contributed by atoms with Crippen LogP contribution in [0.4, 0.5) is 10.5 Å². The van der Waals surface area contributed by atoms with E-state index in [1.807, 2.05) is 48.5 Å². The van der Waals surface area contributed by atoms with Crippen LogP contribution in [-0.2, 0) is 4.79 Å². The van der Waals surface area contributed by atoms with Crippen molar-refractivity contribution < 1.29 is 9.59 Å². The maximum absolute atomic E-state index is 13.0. The number of hydrogen-bond donors (Lipinski definition) is 2.